The number of carbonyl (C=O) groups is 2. The molecule has 0 saturated heterocycles. The van der Waals surface area contributed by atoms with Gasteiger partial charge in [0.25, 0.3) is 0 Å². The summed E-state index contributed by atoms with van der Waals surface area (Å²) in [4.78, 5) is 28.4. The number of Topliss-reactive ketones (excluding diaryl/α,β-unsaturated/α-hetero) is 1. The lowest BCUT2D eigenvalue weighted by molar-refractivity contribution is -0.130. The third kappa shape index (κ3) is 3.84. The molecular weight excluding hydrogens is 388 g/mol. The van der Waals surface area contributed by atoms with Gasteiger partial charge in [0.2, 0.25) is 5.91 Å². The number of ether oxygens (including phenoxy) is 1. The number of benzene rings is 3. The highest BCUT2D eigenvalue weighted by Gasteiger charge is 2.42. The van der Waals surface area contributed by atoms with Crippen molar-refractivity contribution >= 4 is 23.1 Å². The molecule has 5 nitrogen and oxygen atoms in total. The van der Waals surface area contributed by atoms with Gasteiger partial charge in [-0.2, -0.15) is 5.26 Å². The molecule has 1 amide bonds. The Balaban J connectivity index is 1.88. The van der Waals surface area contributed by atoms with Gasteiger partial charge in [-0.3, -0.25) is 14.5 Å². The number of allylic oxidation sites excluding steroid dienone is 1. The van der Waals surface area contributed by atoms with Gasteiger partial charge in [0.15, 0.2) is 5.78 Å². The Kier molecular flexibility index (Phi) is 5.63. The third-order valence-corrected chi connectivity index (χ3v) is 5.31. The maximum atomic E-state index is 13.7. The van der Waals surface area contributed by atoms with E-state index in [0.717, 1.165) is 5.56 Å². The summed E-state index contributed by atoms with van der Waals surface area (Å²) in [5.74, 6) is -1.11. The Hall–Kier alpha value is -4.17. The van der Waals surface area contributed by atoms with E-state index in [2.05, 4.69) is 6.07 Å². The van der Waals surface area contributed by atoms with Crippen molar-refractivity contribution in [2.75, 3.05) is 12.0 Å². The number of nitriles is 1. The van der Waals surface area contributed by atoms with Crippen LogP contribution < -0.4 is 9.64 Å². The van der Waals surface area contributed by atoms with Gasteiger partial charge in [0.05, 0.1) is 12.8 Å². The van der Waals surface area contributed by atoms with Gasteiger partial charge < -0.3 is 4.74 Å². The van der Waals surface area contributed by atoms with Crippen LogP contribution >= 0.6 is 0 Å². The Morgan fingerprint density at radius 2 is 1.52 bits per heavy atom. The van der Waals surface area contributed by atoms with Gasteiger partial charge >= 0.3 is 0 Å². The van der Waals surface area contributed by atoms with Crippen LogP contribution in [0.5, 0.6) is 5.75 Å². The van der Waals surface area contributed by atoms with E-state index < -0.39 is 11.7 Å². The van der Waals surface area contributed by atoms with Gasteiger partial charge in [0, 0.05) is 11.3 Å². The first-order valence-corrected chi connectivity index (χ1v) is 9.90. The van der Waals surface area contributed by atoms with Crippen LogP contribution in [0.2, 0.25) is 0 Å². The molecule has 0 bridgehead atoms. The van der Waals surface area contributed by atoms with Crippen LogP contribution in [0.1, 0.15) is 11.1 Å². The van der Waals surface area contributed by atoms with Crippen LogP contribution in [0.4, 0.5) is 5.69 Å². The van der Waals surface area contributed by atoms with Crippen molar-refractivity contribution in [1.29, 1.82) is 5.26 Å². The van der Waals surface area contributed by atoms with Gasteiger partial charge in [-0.25, -0.2) is 0 Å². The molecule has 3 aromatic carbocycles. The Morgan fingerprint density at radius 3 is 2.10 bits per heavy atom. The number of carbonyl (C=O) groups excluding carboxylic acids is 2. The van der Waals surface area contributed by atoms with Crippen LogP contribution in [0.15, 0.2) is 90.5 Å². The smallest absolute Gasteiger partial charge is 0.242 e. The zero-order chi connectivity index (χ0) is 21.8. The molecule has 0 aliphatic carbocycles. The van der Waals surface area contributed by atoms with Crippen LogP contribution in [-0.4, -0.2) is 18.8 Å². The summed E-state index contributed by atoms with van der Waals surface area (Å²) in [7, 11) is 1.57. The molecule has 5 heteroatoms. The minimum absolute atomic E-state index is 0.0115. The van der Waals surface area contributed by atoms with Crippen molar-refractivity contribution in [2.45, 2.75) is 6.42 Å². The number of hydrogen-bond acceptors (Lipinski definition) is 4. The monoisotopic (exact) mass is 408 g/mol. The number of ketones is 1. The molecule has 0 radical (unpaired) electrons. The fourth-order valence-corrected chi connectivity index (χ4v) is 3.78. The Bertz CT molecular complexity index is 1180. The first-order chi connectivity index (χ1) is 15.1. The van der Waals surface area contributed by atoms with Crippen molar-refractivity contribution in [2.24, 2.45) is 5.92 Å². The molecule has 1 aliphatic heterocycles. The normalized spacial score (nSPS) is 16.3. The average molecular weight is 408 g/mol. The summed E-state index contributed by atoms with van der Waals surface area (Å²) in [5.41, 5.74) is 2.37. The predicted octanol–water partition coefficient (Wildman–Crippen LogP) is 4.40. The van der Waals surface area contributed by atoms with E-state index in [1.165, 1.54) is 4.90 Å². The fourth-order valence-electron chi connectivity index (χ4n) is 3.78. The van der Waals surface area contributed by atoms with Crippen molar-refractivity contribution in [3.8, 4) is 11.8 Å². The minimum Gasteiger partial charge on any atom is -0.497 e. The average Bonchev–Trinajstić information content (AvgIpc) is 2.83. The number of rotatable bonds is 5. The highest BCUT2D eigenvalue weighted by atomic mass is 16.5. The molecule has 0 fully saturated rings. The van der Waals surface area contributed by atoms with Crippen LogP contribution in [-0.2, 0) is 16.0 Å². The number of amides is 1. The molecule has 1 heterocycles. The summed E-state index contributed by atoms with van der Waals surface area (Å²) in [6.07, 6.45) is 0.235. The second kappa shape index (κ2) is 8.68. The third-order valence-electron chi connectivity index (χ3n) is 5.31. The quantitative estimate of drug-likeness (QED) is 0.587. The summed E-state index contributed by atoms with van der Waals surface area (Å²) in [5, 5.41) is 9.92. The van der Waals surface area contributed by atoms with E-state index in [0.29, 0.717) is 22.7 Å². The minimum atomic E-state index is -0.966. The van der Waals surface area contributed by atoms with Gasteiger partial charge in [-0.15, -0.1) is 0 Å². The topological polar surface area (TPSA) is 70.4 Å². The summed E-state index contributed by atoms with van der Waals surface area (Å²) < 4.78 is 5.23. The Morgan fingerprint density at radius 1 is 0.903 bits per heavy atom. The first-order valence-electron chi connectivity index (χ1n) is 9.90. The largest absolute Gasteiger partial charge is 0.497 e. The van der Waals surface area contributed by atoms with Crippen LogP contribution in [0.25, 0.3) is 5.70 Å². The zero-order valence-electron chi connectivity index (χ0n) is 17.0. The van der Waals surface area contributed by atoms with Crippen LogP contribution in [0, 0.1) is 17.2 Å². The Labute approximate surface area is 180 Å². The van der Waals surface area contributed by atoms with Crippen LogP contribution in [0.3, 0.4) is 0 Å². The van der Waals surface area contributed by atoms with E-state index in [4.69, 9.17) is 4.74 Å². The van der Waals surface area contributed by atoms with Crippen molar-refractivity contribution < 1.29 is 14.3 Å². The number of hydrogen-bond donors (Lipinski definition) is 0. The summed E-state index contributed by atoms with van der Waals surface area (Å²) in [6, 6.07) is 27.5. The van der Waals surface area contributed by atoms with Crippen molar-refractivity contribution in [3.63, 3.8) is 0 Å². The SMILES string of the molecule is COc1ccc(N2C(=O)C(Cc3ccccc3)C(=O)C(C#N)=C2c2ccccc2)cc1. The van der Waals surface area contributed by atoms with E-state index >= 15 is 0 Å². The molecule has 3 aromatic rings. The highest BCUT2D eigenvalue weighted by molar-refractivity contribution is 6.28. The number of anilines is 1. The van der Waals surface area contributed by atoms with E-state index in [1.807, 2.05) is 48.5 Å². The molecule has 4 rings (SSSR count). The molecule has 0 saturated carbocycles. The molecule has 0 spiro atoms. The lowest BCUT2D eigenvalue weighted by atomic mass is 9.84. The fraction of sp³-hybridized carbons (Fsp3) is 0.115. The van der Waals surface area contributed by atoms with Gasteiger partial charge in [-0.1, -0.05) is 60.7 Å². The summed E-state index contributed by atoms with van der Waals surface area (Å²) in [6.45, 7) is 0. The second-order valence-corrected chi connectivity index (χ2v) is 7.18. The predicted molar refractivity (Wildman–Crippen MR) is 118 cm³/mol. The molecule has 152 valence electrons. The second-order valence-electron chi connectivity index (χ2n) is 7.18. The number of methoxy groups -OCH3 is 1. The highest BCUT2D eigenvalue weighted by Crippen LogP contribution is 2.37. The van der Waals surface area contributed by atoms with E-state index in [-0.39, 0.29) is 17.9 Å². The molecule has 0 N–H and O–H groups in total. The lowest BCUT2D eigenvalue weighted by Gasteiger charge is -2.34. The molecular formula is C26H20N2O3. The molecule has 0 aromatic heterocycles. The molecule has 31 heavy (non-hydrogen) atoms. The van der Waals surface area contributed by atoms with E-state index in [1.54, 1.807) is 43.5 Å². The first kappa shape index (κ1) is 20.1. The van der Waals surface area contributed by atoms with Gasteiger partial charge in [0.1, 0.15) is 23.3 Å². The molecule has 1 atom stereocenters. The number of nitrogens with zero attached hydrogens (tertiary/aromatic N) is 2. The maximum absolute atomic E-state index is 13.7. The standard InChI is InChI=1S/C26H20N2O3/c1-31-21-14-12-20(13-15-21)28-24(19-10-6-3-7-11-19)23(17-27)25(29)22(26(28)30)16-18-8-4-2-5-9-18/h2-15,22H,16H2,1H3. The molecule has 1 aliphatic rings. The van der Waals surface area contributed by atoms with E-state index in [9.17, 15) is 14.9 Å². The zero-order valence-corrected chi connectivity index (χ0v) is 17.0. The molecule has 1 unspecified atom stereocenters. The maximum Gasteiger partial charge on any atom is 0.242 e. The lowest BCUT2D eigenvalue weighted by Crippen LogP contribution is -2.45. The summed E-state index contributed by atoms with van der Waals surface area (Å²) >= 11 is 0. The van der Waals surface area contributed by atoms with Crippen molar-refractivity contribution in [1.82, 2.24) is 0 Å². The van der Waals surface area contributed by atoms with Gasteiger partial charge in [-0.05, 0) is 36.2 Å². The van der Waals surface area contributed by atoms with Crippen molar-refractivity contribution in [3.05, 3.63) is 102 Å².